The van der Waals surface area contributed by atoms with Crippen LogP contribution >= 0.6 is 0 Å². The zero-order valence-corrected chi connectivity index (χ0v) is 16.1. The molecule has 4 saturated carbocycles. The third-order valence-corrected chi connectivity index (χ3v) is 7.28. The van der Waals surface area contributed by atoms with Gasteiger partial charge in [-0.2, -0.15) is 0 Å². The molecule has 4 aliphatic rings. The lowest BCUT2D eigenvalue weighted by molar-refractivity contribution is -0.127. The van der Waals surface area contributed by atoms with Crippen molar-refractivity contribution in [3.05, 3.63) is 35.9 Å². The van der Waals surface area contributed by atoms with Crippen LogP contribution in [-0.2, 0) is 11.2 Å². The molecule has 0 saturated heterocycles. The summed E-state index contributed by atoms with van der Waals surface area (Å²) in [5, 5.41) is 5.89. The Morgan fingerprint density at radius 3 is 2.11 bits per heavy atom. The summed E-state index contributed by atoms with van der Waals surface area (Å²) >= 11 is 0. The number of carbonyl (C=O) groups is 2. The van der Waals surface area contributed by atoms with Gasteiger partial charge in [-0.1, -0.05) is 30.3 Å². The Morgan fingerprint density at radius 2 is 1.59 bits per heavy atom. The van der Waals surface area contributed by atoms with Crippen molar-refractivity contribution >= 4 is 11.9 Å². The number of amides is 3. The van der Waals surface area contributed by atoms with Gasteiger partial charge in [-0.3, -0.25) is 4.79 Å². The maximum Gasteiger partial charge on any atom is 0.312 e. The number of hydrogen-bond acceptors (Lipinski definition) is 2. The Hall–Kier alpha value is -2.04. The smallest absolute Gasteiger partial charge is 0.312 e. The summed E-state index contributed by atoms with van der Waals surface area (Å²) in [6.07, 6.45) is 8.34. The van der Waals surface area contributed by atoms with Crippen molar-refractivity contribution in [3.63, 3.8) is 0 Å². The number of benzene rings is 1. The molecule has 1 aromatic carbocycles. The molecule has 0 spiro atoms. The fourth-order valence-corrected chi connectivity index (χ4v) is 6.41. The molecule has 1 aromatic rings. The SMILES string of the molecule is CC(NC(=O)C(Cc1ccccc1)NC(N)=O)C12CC3CC(CC(C3)C1)C2. The summed E-state index contributed by atoms with van der Waals surface area (Å²) < 4.78 is 0. The molecule has 5 rings (SSSR count). The van der Waals surface area contributed by atoms with Crippen LogP contribution in [0, 0.1) is 23.2 Å². The molecule has 27 heavy (non-hydrogen) atoms. The van der Waals surface area contributed by atoms with E-state index < -0.39 is 12.1 Å². The Morgan fingerprint density at radius 1 is 1.04 bits per heavy atom. The van der Waals surface area contributed by atoms with Crippen LogP contribution < -0.4 is 16.4 Å². The summed E-state index contributed by atoms with van der Waals surface area (Å²) in [6, 6.07) is 8.58. The Bertz CT molecular complexity index is 667. The van der Waals surface area contributed by atoms with Gasteiger partial charge in [0.05, 0.1) is 0 Å². The molecule has 0 heterocycles. The van der Waals surface area contributed by atoms with E-state index in [1.54, 1.807) is 0 Å². The third kappa shape index (κ3) is 3.83. The van der Waals surface area contributed by atoms with Gasteiger partial charge in [-0.05, 0) is 74.2 Å². The highest BCUT2D eigenvalue weighted by Crippen LogP contribution is 2.61. The van der Waals surface area contributed by atoms with E-state index in [2.05, 4.69) is 17.6 Å². The molecule has 2 unspecified atom stereocenters. The number of carbonyl (C=O) groups excluding carboxylic acids is 2. The molecule has 0 aliphatic heterocycles. The summed E-state index contributed by atoms with van der Waals surface area (Å²) in [7, 11) is 0. The fourth-order valence-electron chi connectivity index (χ4n) is 6.41. The predicted octanol–water partition coefficient (Wildman–Crippen LogP) is 2.99. The highest BCUT2D eigenvalue weighted by molar-refractivity contribution is 5.87. The second kappa shape index (κ2) is 7.17. The first-order chi connectivity index (χ1) is 12.9. The normalized spacial score (nSPS) is 33.3. The molecule has 4 N–H and O–H groups in total. The van der Waals surface area contributed by atoms with E-state index in [0.29, 0.717) is 6.42 Å². The Kier molecular flexibility index (Phi) is 4.87. The van der Waals surface area contributed by atoms with Crippen LogP contribution in [0.15, 0.2) is 30.3 Å². The Balaban J connectivity index is 1.44. The number of hydrogen-bond donors (Lipinski definition) is 3. The average Bonchev–Trinajstić information content (AvgIpc) is 2.60. The molecular weight excluding hydrogens is 338 g/mol. The largest absolute Gasteiger partial charge is 0.352 e. The van der Waals surface area contributed by atoms with E-state index in [1.807, 2.05) is 30.3 Å². The van der Waals surface area contributed by atoms with E-state index in [9.17, 15) is 9.59 Å². The van der Waals surface area contributed by atoms with Crippen LogP contribution in [0.5, 0.6) is 0 Å². The maximum absolute atomic E-state index is 13.0. The second-order valence-corrected chi connectivity index (χ2v) is 9.26. The topological polar surface area (TPSA) is 84.2 Å². The lowest BCUT2D eigenvalue weighted by atomic mass is 9.48. The molecule has 2 atom stereocenters. The van der Waals surface area contributed by atoms with Crippen molar-refractivity contribution in [1.82, 2.24) is 10.6 Å². The van der Waals surface area contributed by atoms with Crippen molar-refractivity contribution < 1.29 is 9.59 Å². The van der Waals surface area contributed by atoms with Crippen LogP contribution in [0.2, 0.25) is 0 Å². The molecule has 4 fully saturated rings. The molecule has 0 radical (unpaired) electrons. The molecule has 146 valence electrons. The first kappa shape index (κ1) is 18.3. The molecule has 5 nitrogen and oxygen atoms in total. The van der Waals surface area contributed by atoms with Gasteiger partial charge in [0, 0.05) is 12.5 Å². The van der Waals surface area contributed by atoms with Gasteiger partial charge in [0.25, 0.3) is 0 Å². The van der Waals surface area contributed by atoms with E-state index in [0.717, 1.165) is 23.3 Å². The minimum atomic E-state index is -0.659. The van der Waals surface area contributed by atoms with Crippen molar-refractivity contribution in [2.24, 2.45) is 28.9 Å². The molecule has 4 aliphatic carbocycles. The quantitative estimate of drug-likeness (QED) is 0.720. The minimum absolute atomic E-state index is 0.124. The van der Waals surface area contributed by atoms with Crippen LogP contribution in [0.4, 0.5) is 4.79 Å². The number of primary amides is 1. The van der Waals surface area contributed by atoms with Gasteiger partial charge in [0.2, 0.25) is 5.91 Å². The number of nitrogens with two attached hydrogens (primary N) is 1. The van der Waals surface area contributed by atoms with E-state index in [1.165, 1.54) is 38.5 Å². The van der Waals surface area contributed by atoms with Crippen molar-refractivity contribution in [2.45, 2.75) is 64.0 Å². The van der Waals surface area contributed by atoms with Gasteiger partial charge in [-0.15, -0.1) is 0 Å². The van der Waals surface area contributed by atoms with Gasteiger partial charge in [0.1, 0.15) is 6.04 Å². The summed E-state index contributed by atoms with van der Waals surface area (Å²) in [4.78, 5) is 24.4. The zero-order chi connectivity index (χ0) is 19.0. The van der Waals surface area contributed by atoms with Gasteiger partial charge in [0.15, 0.2) is 0 Å². The standard InChI is InChI=1S/C22H31N3O2/c1-14(22-11-16-7-17(12-22)9-18(8-16)13-22)24-20(26)19(25-21(23)27)10-15-5-3-2-4-6-15/h2-6,14,16-19H,7-13H2,1H3,(H,24,26)(H3,23,25,27). The lowest BCUT2D eigenvalue weighted by Crippen LogP contribution is -2.59. The summed E-state index contributed by atoms with van der Waals surface area (Å²) in [5.41, 5.74) is 6.58. The van der Waals surface area contributed by atoms with E-state index in [4.69, 9.17) is 5.73 Å². The summed E-state index contributed by atoms with van der Waals surface area (Å²) in [5.74, 6) is 2.42. The van der Waals surface area contributed by atoms with Crippen LogP contribution in [0.25, 0.3) is 0 Å². The predicted molar refractivity (Wildman–Crippen MR) is 105 cm³/mol. The fraction of sp³-hybridized carbons (Fsp3) is 0.636. The van der Waals surface area contributed by atoms with Crippen LogP contribution in [0.3, 0.4) is 0 Å². The molecular formula is C22H31N3O2. The minimum Gasteiger partial charge on any atom is -0.352 e. The van der Waals surface area contributed by atoms with E-state index >= 15 is 0 Å². The first-order valence-electron chi connectivity index (χ1n) is 10.3. The maximum atomic E-state index is 13.0. The summed E-state index contributed by atoms with van der Waals surface area (Å²) in [6.45, 7) is 2.16. The van der Waals surface area contributed by atoms with Gasteiger partial charge in [-0.25, -0.2) is 4.79 Å². The Labute approximate surface area is 161 Å². The monoisotopic (exact) mass is 369 g/mol. The highest BCUT2D eigenvalue weighted by Gasteiger charge is 2.53. The molecule has 0 aromatic heterocycles. The van der Waals surface area contributed by atoms with Crippen molar-refractivity contribution in [2.75, 3.05) is 0 Å². The second-order valence-electron chi connectivity index (χ2n) is 9.26. The molecule has 5 heteroatoms. The highest BCUT2D eigenvalue weighted by atomic mass is 16.2. The van der Waals surface area contributed by atoms with E-state index in [-0.39, 0.29) is 17.4 Å². The average molecular weight is 370 g/mol. The molecule has 4 bridgehead atoms. The van der Waals surface area contributed by atoms with Crippen molar-refractivity contribution in [1.29, 1.82) is 0 Å². The molecule has 3 amide bonds. The van der Waals surface area contributed by atoms with Crippen LogP contribution in [0.1, 0.15) is 51.0 Å². The van der Waals surface area contributed by atoms with Gasteiger partial charge < -0.3 is 16.4 Å². The first-order valence-corrected chi connectivity index (χ1v) is 10.3. The number of rotatable bonds is 6. The zero-order valence-electron chi connectivity index (χ0n) is 16.1. The van der Waals surface area contributed by atoms with Crippen LogP contribution in [-0.4, -0.2) is 24.0 Å². The number of nitrogens with one attached hydrogen (secondary N) is 2. The third-order valence-electron chi connectivity index (χ3n) is 7.28. The van der Waals surface area contributed by atoms with Crippen molar-refractivity contribution in [3.8, 4) is 0 Å². The lowest BCUT2D eigenvalue weighted by Gasteiger charge is -2.59. The van der Waals surface area contributed by atoms with Gasteiger partial charge >= 0.3 is 6.03 Å². The number of urea groups is 1.